The van der Waals surface area contributed by atoms with Crippen molar-refractivity contribution in [2.75, 3.05) is 13.1 Å². The Kier molecular flexibility index (Phi) is 9.99. The molecule has 29 heavy (non-hydrogen) atoms. The van der Waals surface area contributed by atoms with Gasteiger partial charge in [0.1, 0.15) is 24.2 Å². The average Bonchev–Trinajstić information content (AvgIpc) is 2.92. The molecule has 0 radical (unpaired) electrons. The maximum Gasteiger partial charge on any atom is 0.191 e. The molecule has 2 aromatic rings. The lowest BCUT2D eigenvalue weighted by atomic mass is 10.2. The number of guanidine groups is 1. The van der Waals surface area contributed by atoms with E-state index >= 15 is 0 Å². The Morgan fingerprint density at radius 3 is 2.76 bits per heavy atom. The largest absolute Gasteiger partial charge is 0.489 e. The Hall–Kier alpha value is -1.55. The highest BCUT2D eigenvalue weighted by molar-refractivity contribution is 14.0. The fourth-order valence-electron chi connectivity index (χ4n) is 3.18. The standard InChI is InChI=1S/C20H29ClN6O.HI/c1-3-22-20(23-13-15(2)28-17-10-8-16(21)9-11-17)24-14-19-26-25-18-7-5-4-6-12-27(18)19;/h8-11,15H,3-7,12-14H2,1-2H3,(H2,22,23,24);1H. The van der Waals surface area contributed by atoms with Crippen LogP contribution in [0.4, 0.5) is 0 Å². The molecule has 9 heteroatoms. The van der Waals surface area contributed by atoms with E-state index in [1.54, 1.807) is 0 Å². The number of nitrogens with one attached hydrogen (secondary N) is 2. The van der Waals surface area contributed by atoms with Gasteiger partial charge in [0.15, 0.2) is 11.8 Å². The van der Waals surface area contributed by atoms with Crippen LogP contribution in [0.5, 0.6) is 5.75 Å². The lowest BCUT2D eigenvalue weighted by molar-refractivity contribution is 0.224. The van der Waals surface area contributed by atoms with Crippen LogP contribution in [-0.4, -0.2) is 39.9 Å². The summed E-state index contributed by atoms with van der Waals surface area (Å²) in [6.07, 6.45) is 4.61. The monoisotopic (exact) mass is 532 g/mol. The summed E-state index contributed by atoms with van der Waals surface area (Å²) in [6.45, 7) is 6.98. The number of rotatable bonds is 7. The first kappa shape index (κ1) is 23.7. The topological polar surface area (TPSA) is 76.4 Å². The number of aromatic nitrogens is 3. The minimum atomic E-state index is -0.0191. The van der Waals surface area contributed by atoms with E-state index in [0.29, 0.717) is 18.1 Å². The minimum absolute atomic E-state index is 0. The summed E-state index contributed by atoms with van der Waals surface area (Å²) in [5.41, 5.74) is 0. The van der Waals surface area contributed by atoms with Crippen LogP contribution in [-0.2, 0) is 19.5 Å². The number of benzene rings is 1. The quantitative estimate of drug-likeness (QED) is 0.322. The van der Waals surface area contributed by atoms with Gasteiger partial charge in [0.25, 0.3) is 0 Å². The van der Waals surface area contributed by atoms with Crippen molar-refractivity contribution >= 4 is 41.5 Å². The first-order chi connectivity index (χ1) is 13.7. The fourth-order valence-corrected chi connectivity index (χ4v) is 3.31. The SMILES string of the molecule is CCNC(=NCc1nnc2n1CCCCC2)NCC(C)Oc1ccc(Cl)cc1.I. The zero-order valence-electron chi connectivity index (χ0n) is 17.0. The molecule has 1 aliphatic heterocycles. The first-order valence-corrected chi connectivity index (χ1v) is 10.4. The van der Waals surface area contributed by atoms with Crippen molar-refractivity contribution in [2.45, 2.75) is 58.7 Å². The molecule has 1 aromatic carbocycles. The van der Waals surface area contributed by atoms with Gasteiger partial charge in [-0.2, -0.15) is 0 Å². The molecule has 0 aliphatic carbocycles. The van der Waals surface area contributed by atoms with Gasteiger partial charge in [-0.15, -0.1) is 34.2 Å². The molecule has 1 aliphatic rings. The second-order valence-corrected chi connectivity index (χ2v) is 7.39. The third kappa shape index (κ3) is 7.33. The Bertz CT molecular complexity index is 780. The Labute approximate surface area is 194 Å². The lowest BCUT2D eigenvalue weighted by Crippen LogP contribution is -2.41. The summed E-state index contributed by atoms with van der Waals surface area (Å²) in [7, 11) is 0. The van der Waals surface area contributed by atoms with Gasteiger partial charge in [-0.1, -0.05) is 18.0 Å². The van der Waals surface area contributed by atoms with Gasteiger partial charge in [0.05, 0.1) is 6.54 Å². The van der Waals surface area contributed by atoms with Gasteiger partial charge in [-0.3, -0.25) is 0 Å². The van der Waals surface area contributed by atoms with Crippen molar-refractivity contribution in [3.05, 3.63) is 40.9 Å². The van der Waals surface area contributed by atoms with Crippen molar-refractivity contribution in [3.63, 3.8) is 0 Å². The van der Waals surface area contributed by atoms with Crippen LogP contribution in [0.2, 0.25) is 5.02 Å². The van der Waals surface area contributed by atoms with Crippen LogP contribution in [0.1, 0.15) is 44.8 Å². The van der Waals surface area contributed by atoms with Gasteiger partial charge < -0.3 is 19.9 Å². The molecule has 1 unspecified atom stereocenters. The molecule has 7 nitrogen and oxygen atoms in total. The molecular weight excluding hydrogens is 503 g/mol. The van der Waals surface area contributed by atoms with E-state index in [1.165, 1.54) is 19.3 Å². The zero-order chi connectivity index (χ0) is 19.8. The Balaban J connectivity index is 0.00000300. The third-order valence-electron chi connectivity index (χ3n) is 4.62. The highest BCUT2D eigenvalue weighted by Gasteiger charge is 2.14. The number of nitrogens with zero attached hydrogens (tertiary/aromatic N) is 4. The highest BCUT2D eigenvalue weighted by atomic mass is 127. The molecule has 0 bridgehead atoms. The minimum Gasteiger partial charge on any atom is -0.489 e. The van der Waals surface area contributed by atoms with Crippen LogP contribution < -0.4 is 15.4 Å². The molecule has 3 rings (SSSR count). The number of hydrogen-bond acceptors (Lipinski definition) is 4. The van der Waals surface area contributed by atoms with Crippen molar-refractivity contribution in [1.82, 2.24) is 25.4 Å². The maximum atomic E-state index is 5.91. The lowest BCUT2D eigenvalue weighted by Gasteiger charge is -2.17. The number of aliphatic imine (C=N–C) groups is 1. The predicted molar refractivity (Wildman–Crippen MR) is 127 cm³/mol. The number of ether oxygens (including phenoxy) is 1. The fraction of sp³-hybridized carbons (Fsp3) is 0.550. The van der Waals surface area contributed by atoms with E-state index in [0.717, 1.165) is 42.9 Å². The number of hydrogen-bond donors (Lipinski definition) is 2. The molecule has 0 saturated carbocycles. The summed E-state index contributed by atoms with van der Waals surface area (Å²) in [4.78, 5) is 4.68. The van der Waals surface area contributed by atoms with Crippen molar-refractivity contribution < 1.29 is 4.74 Å². The normalized spacial score (nSPS) is 14.9. The van der Waals surface area contributed by atoms with E-state index in [4.69, 9.17) is 16.3 Å². The smallest absolute Gasteiger partial charge is 0.191 e. The van der Waals surface area contributed by atoms with Gasteiger partial charge in [-0.05, 0) is 51.0 Å². The molecular formula is C20H30ClIN6O. The molecule has 0 amide bonds. The van der Waals surface area contributed by atoms with Crippen LogP contribution in [0.25, 0.3) is 0 Å². The Morgan fingerprint density at radius 2 is 2.00 bits per heavy atom. The van der Waals surface area contributed by atoms with Crippen LogP contribution in [0, 0.1) is 0 Å². The van der Waals surface area contributed by atoms with E-state index in [1.807, 2.05) is 38.1 Å². The summed E-state index contributed by atoms with van der Waals surface area (Å²) in [6, 6.07) is 7.39. The molecule has 160 valence electrons. The summed E-state index contributed by atoms with van der Waals surface area (Å²) < 4.78 is 8.13. The average molecular weight is 533 g/mol. The van der Waals surface area contributed by atoms with Gasteiger partial charge >= 0.3 is 0 Å². The van der Waals surface area contributed by atoms with Crippen LogP contribution in [0.3, 0.4) is 0 Å². The second-order valence-electron chi connectivity index (χ2n) is 6.95. The van der Waals surface area contributed by atoms with Crippen molar-refractivity contribution in [2.24, 2.45) is 4.99 Å². The first-order valence-electron chi connectivity index (χ1n) is 10.0. The van der Waals surface area contributed by atoms with E-state index in [-0.39, 0.29) is 30.1 Å². The molecule has 0 spiro atoms. The van der Waals surface area contributed by atoms with Crippen LogP contribution in [0.15, 0.2) is 29.3 Å². The summed E-state index contributed by atoms with van der Waals surface area (Å²) in [5.74, 6) is 3.57. The molecule has 2 N–H and O–H groups in total. The third-order valence-corrected chi connectivity index (χ3v) is 4.87. The zero-order valence-corrected chi connectivity index (χ0v) is 20.1. The van der Waals surface area contributed by atoms with Gasteiger partial charge in [-0.25, -0.2) is 4.99 Å². The predicted octanol–water partition coefficient (Wildman–Crippen LogP) is 3.80. The molecule has 2 heterocycles. The van der Waals surface area contributed by atoms with Crippen molar-refractivity contribution in [3.8, 4) is 5.75 Å². The molecule has 0 fully saturated rings. The second kappa shape index (κ2) is 12.2. The van der Waals surface area contributed by atoms with Crippen LogP contribution >= 0.6 is 35.6 Å². The maximum absolute atomic E-state index is 5.91. The summed E-state index contributed by atoms with van der Waals surface area (Å²) in [5, 5.41) is 16.0. The van der Waals surface area contributed by atoms with E-state index in [2.05, 4.69) is 30.4 Å². The van der Waals surface area contributed by atoms with Crippen molar-refractivity contribution in [1.29, 1.82) is 0 Å². The van der Waals surface area contributed by atoms with Gasteiger partial charge in [0.2, 0.25) is 0 Å². The number of aryl methyl sites for hydroxylation is 1. The Morgan fingerprint density at radius 1 is 1.21 bits per heavy atom. The number of halogens is 2. The summed E-state index contributed by atoms with van der Waals surface area (Å²) >= 11 is 5.91. The van der Waals surface area contributed by atoms with E-state index < -0.39 is 0 Å². The highest BCUT2D eigenvalue weighted by Crippen LogP contribution is 2.17. The molecule has 0 saturated heterocycles. The number of fused-ring (bicyclic) bond motifs is 1. The molecule has 1 atom stereocenters. The van der Waals surface area contributed by atoms with E-state index in [9.17, 15) is 0 Å². The molecule has 1 aromatic heterocycles. The van der Waals surface area contributed by atoms with Gasteiger partial charge in [0, 0.05) is 24.5 Å².